The van der Waals surface area contributed by atoms with Gasteiger partial charge in [0.25, 0.3) is 0 Å². The number of thiazole rings is 1. The van der Waals surface area contributed by atoms with Crippen molar-refractivity contribution in [1.29, 1.82) is 0 Å². The summed E-state index contributed by atoms with van der Waals surface area (Å²) in [6.07, 6.45) is 0. The monoisotopic (exact) mass is 523 g/mol. The molecule has 1 heterocycles. The average molecular weight is 523 g/mol. The molecular formula is C17H26IN5O2S2. The number of hydrogen-bond donors (Lipinski definition) is 3. The Hall–Kier alpha value is -1.24. The highest BCUT2D eigenvalue weighted by Crippen LogP contribution is 2.15. The first-order valence-electron chi connectivity index (χ1n) is 8.19. The summed E-state index contributed by atoms with van der Waals surface area (Å²) >= 11 is 1.67. The van der Waals surface area contributed by atoms with Crippen molar-refractivity contribution in [3.05, 3.63) is 51.0 Å². The Bertz CT molecular complexity index is 862. The smallest absolute Gasteiger partial charge is 0.215 e. The van der Waals surface area contributed by atoms with Gasteiger partial charge in [-0.25, -0.2) is 18.1 Å². The largest absolute Gasteiger partial charge is 0.352 e. The summed E-state index contributed by atoms with van der Waals surface area (Å²) in [7, 11) is -0.148. The second-order valence-corrected chi connectivity index (χ2v) is 9.03. The molecule has 0 saturated heterocycles. The molecule has 7 nitrogen and oxygen atoms in total. The molecule has 0 bridgehead atoms. The van der Waals surface area contributed by atoms with Crippen LogP contribution in [0, 0.1) is 13.8 Å². The lowest BCUT2D eigenvalue weighted by molar-refractivity contribution is 0.587. The van der Waals surface area contributed by atoms with Crippen LogP contribution in [0.15, 0.2) is 29.3 Å². The maximum absolute atomic E-state index is 11.7. The summed E-state index contributed by atoms with van der Waals surface area (Å²) in [5.41, 5.74) is 2.79. The van der Waals surface area contributed by atoms with E-state index >= 15 is 0 Å². The number of guanidine groups is 1. The van der Waals surface area contributed by atoms with Gasteiger partial charge in [-0.3, -0.25) is 4.99 Å². The molecule has 0 aliphatic rings. The van der Waals surface area contributed by atoms with Gasteiger partial charge >= 0.3 is 0 Å². The van der Waals surface area contributed by atoms with Gasteiger partial charge in [-0.2, -0.15) is 0 Å². The Balaban J connectivity index is 0.00000364. The number of nitrogens with one attached hydrogen (secondary N) is 3. The van der Waals surface area contributed by atoms with Crippen LogP contribution in [-0.2, 0) is 28.9 Å². The predicted molar refractivity (Wildman–Crippen MR) is 122 cm³/mol. The normalized spacial score (nSPS) is 11.8. The second kappa shape index (κ2) is 10.9. The van der Waals surface area contributed by atoms with Gasteiger partial charge < -0.3 is 10.6 Å². The lowest BCUT2D eigenvalue weighted by atomic mass is 10.1. The Labute approximate surface area is 182 Å². The van der Waals surface area contributed by atoms with E-state index in [1.165, 1.54) is 11.9 Å². The number of halogens is 1. The molecule has 0 unspecified atom stereocenters. The molecule has 0 atom stereocenters. The minimum atomic E-state index is -3.28. The van der Waals surface area contributed by atoms with E-state index in [2.05, 4.69) is 32.3 Å². The van der Waals surface area contributed by atoms with Gasteiger partial charge in [0, 0.05) is 18.5 Å². The van der Waals surface area contributed by atoms with Gasteiger partial charge in [0.15, 0.2) is 5.96 Å². The number of benzene rings is 1. The highest BCUT2D eigenvalue weighted by molar-refractivity contribution is 14.0. The van der Waals surface area contributed by atoms with Crippen molar-refractivity contribution >= 4 is 51.3 Å². The molecule has 2 rings (SSSR count). The fraction of sp³-hybridized carbons (Fsp3) is 0.412. The molecule has 27 heavy (non-hydrogen) atoms. The molecule has 0 radical (unpaired) electrons. The quantitative estimate of drug-likeness (QED) is 0.294. The van der Waals surface area contributed by atoms with Crippen LogP contribution in [0.1, 0.15) is 26.7 Å². The van der Waals surface area contributed by atoms with E-state index in [0.717, 1.165) is 21.8 Å². The number of sulfonamides is 1. The third-order valence-electron chi connectivity index (χ3n) is 3.82. The summed E-state index contributed by atoms with van der Waals surface area (Å²) in [5, 5.41) is 7.49. The number of hydrogen-bond acceptors (Lipinski definition) is 5. The molecule has 0 fully saturated rings. The van der Waals surface area contributed by atoms with Gasteiger partial charge in [0.05, 0.1) is 18.0 Å². The molecule has 3 N–H and O–H groups in total. The fourth-order valence-electron chi connectivity index (χ4n) is 2.30. The number of aryl methyl sites for hydroxylation is 2. The van der Waals surface area contributed by atoms with Crippen LogP contribution in [0.25, 0.3) is 0 Å². The van der Waals surface area contributed by atoms with Gasteiger partial charge in [-0.15, -0.1) is 35.3 Å². The van der Waals surface area contributed by atoms with Gasteiger partial charge in [-0.05, 0) is 32.0 Å². The molecule has 0 aliphatic carbocycles. The predicted octanol–water partition coefficient (Wildman–Crippen LogP) is 2.29. The molecule has 10 heteroatoms. The van der Waals surface area contributed by atoms with E-state index in [1.54, 1.807) is 24.5 Å². The molecule has 0 amide bonds. The standard InChI is InChI=1S/C17H25N5O2S2.HI/c1-12-13(2)25-16(22-12)10-21-17(18-3)20-9-14-6-5-7-15(8-14)11-26(23,24)19-4;/h5-8,19H,9-11H2,1-4H3,(H2,18,20,21);1H. The fourth-order valence-corrected chi connectivity index (χ4v) is 3.94. The summed E-state index contributed by atoms with van der Waals surface area (Å²) in [6, 6.07) is 7.49. The van der Waals surface area contributed by atoms with E-state index in [0.29, 0.717) is 19.0 Å². The van der Waals surface area contributed by atoms with Crippen LogP contribution in [0.2, 0.25) is 0 Å². The van der Waals surface area contributed by atoms with Crippen LogP contribution in [-0.4, -0.2) is 33.5 Å². The molecule has 2 aromatic rings. The Morgan fingerprint density at radius 2 is 1.85 bits per heavy atom. The minimum Gasteiger partial charge on any atom is -0.352 e. The van der Waals surface area contributed by atoms with E-state index in [1.807, 2.05) is 25.1 Å². The van der Waals surface area contributed by atoms with Crippen molar-refractivity contribution < 1.29 is 8.42 Å². The van der Waals surface area contributed by atoms with Crippen LogP contribution >= 0.6 is 35.3 Å². The van der Waals surface area contributed by atoms with Gasteiger partial charge in [0.2, 0.25) is 10.0 Å². The summed E-state index contributed by atoms with van der Waals surface area (Å²) in [6.45, 7) is 5.22. The average Bonchev–Trinajstić information content (AvgIpc) is 2.93. The summed E-state index contributed by atoms with van der Waals surface area (Å²) in [5.74, 6) is 0.635. The molecule has 0 saturated carbocycles. The maximum atomic E-state index is 11.7. The SMILES string of the molecule is CN=C(NCc1cccc(CS(=O)(=O)NC)c1)NCc1nc(C)c(C)s1.I. The van der Waals surface area contributed by atoms with Crippen LogP contribution in [0.3, 0.4) is 0 Å². The molecule has 1 aromatic heterocycles. The Morgan fingerprint density at radius 3 is 2.44 bits per heavy atom. The third-order valence-corrected chi connectivity index (χ3v) is 6.23. The zero-order valence-corrected chi connectivity index (χ0v) is 19.8. The van der Waals surface area contributed by atoms with Crippen molar-refractivity contribution in [3.63, 3.8) is 0 Å². The van der Waals surface area contributed by atoms with Crippen molar-refractivity contribution in [2.45, 2.75) is 32.7 Å². The molecule has 150 valence electrons. The number of aliphatic imine (C=N–C) groups is 1. The number of rotatable bonds is 7. The molecular weight excluding hydrogens is 497 g/mol. The van der Waals surface area contributed by atoms with E-state index in [4.69, 9.17) is 0 Å². The van der Waals surface area contributed by atoms with Gasteiger partial charge in [-0.1, -0.05) is 24.3 Å². The van der Waals surface area contributed by atoms with Crippen molar-refractivity contribution in [2.75, 3.05) is 14.1 Å². The van der Waals surface area contributed by atoms with Crippen LogP contribution in [0.5, 0.6) is 0 Å². The first kappa shape index (κ1) is 23.8. The molecule has 0 aliphatic heterocycles. The highest BCUT2D eigenvalue weighted by Gasteiger charge is 2.09. The van der Waals surface area contributed by atoms with Crippen LogP contribution < -0.4 is 15.4 Å². The Kier molecular flexibility index (Phi) is 9.63. The number of aromatic nitrogens is 1. The first-order chi connectivity index (χ1) is 12.3. The molecule has 0 spiro atoms. The van der Waals surface area contributed by atoms with Crippen molar-refractivity contribution in [3.8, 4) is 0 Å². The van der Waals surface area contributed by atoms with E-state index in [-0.39, 0.29) is 29.7 Å². The summed E-state index contributed by atoms with van der Waals surface area (Å²) < 4.78 is 25.7. The zero-order valence-electron chi connectivity index (χ0n) is 15.9. The summed E-state index contributed by atoms with van der Waals surface area (Å²) in [4.78, 5) is 9.93. The Morgan fingerprint density at radius 1 is 1.19 bits per heavy atom. The second-order valence-electron chi connectivity index (χ2n) is 5.81. The first-order valence-corrected chi connectivity index (χ1v) is 10.7. The van der Waals surface area contributed by atoms with E-state index in [9.17, 15) is 8.42 Å². The third kappa shape index (κ3) is 7.72. The molecule has 1 aromatic carbocycles. The highest BCUT2D eigenvalue weighted by atomic mass is 127. The minimum absolute atomic E-state index is 0. The maximum Gasteiger partial charge on any atom is 0.215 e. The van der Waals surface area contributed by atoms with Gasteiger partial charge in [0.1, 0.15) is 5.01 Å². The lowest BCUT2D eigenvalue weighted by Crippen LogP contribution is -2.36. The van der Waals surface area contributed by atoms with E-state index < -0.39 is 10.0 Å². The van der Waals surface area contributed by atoms with Crippen LogP contribution in [0.4, 0.5) is 0 Å². The van der Waals surface area contributed by atoms with Crippen molar-refractivity contribution in [1.82, 2.24) is 20.3 Å². The number of nitrogens with zero attached hydrogens (tertiary/aromatic N) is 2. The topological polar surface area (TPSA) is 95.5 Å². The zero-order chi connectivity index (χ0) is 19.2. The van der Waals surface area contributed by atoms with Crippen molar-refractivity contribution in [2.24, 2.45) is 4.99 Å². The lowest BCUT2D eigenvalue weighted by Gasteiger charge is -2.12.